The standard InChI is InChI=1S/C18H25N3/c1-4-14-8-10-15(11-9-14)12-18(20-19)16-6-5-7-17(13-16)21(2)3/h5-11,13,18,20H,4,12,19H2,1-3H3. The summed E-state index contributed by atoms with van der Waals surface area (Å²) < 4.78 is 0. The van der Waals surface area contributed by atoms with Crippen LogP contribution in [0.1, 0.15) is 29.7 Å². The fraction of sp³-hybridized carbons (Fsp3) is 0.333. The number of hydrogen-bond acceptors (Lipinski definition) is 3. The van der Waals surface area contributed by atoms with E-state index in [9.17, 15) is 0 Å². The maximum atomic E-state index is 5.77. The number of nitrogens with zero attached hydrogens (tertiary/aromatic N) is 1. The van der Waals surface area contributed by atoms with Gasteiger partial charge in [-0.15, -0.1) is 0 Å². The first-order valence-electron chi connectivity index (χ1n) is 7.45. The van der Waals surface area contributed by atoms with Gasteiger partial charge in [-0.2, -0.15) is 0 Å². The van der Waals surface area contributed by atoms with E-state index < -0.39 is 0 Å². The maximum absolute atomic E-state index is 5.77. The van der Waals surface area contributed by atoms with Crippen molar-refractivity contribution in [3.05, 3.63) is 65.2 Å². The molecule has 3 heteroatoms. The van der Waals surface area contributed by atoms with Gasteiger partial charge in [-0.05, 0) is 41.7 Å². The largest absolute Gasteiger partial charge is 0.378 e. The van der Waals surface area contributed by atoms with Crippen LogP contribution in [0.25, 0.3) is 0 Å². The molecular weight excluding hydrogens is 258 g/mol. The normalized spacial score (nSPS) is 12.2. The van der Waals surface area contributed by atoms with Crippen LogP contribution in [0.3, 0.4) is 0 Å². The predicted molar refractivity (Wildman–Crippen MR) is 90.4 cm³/mol. The number of hydrogen-bond donors (Lipinski definition) is 2. The van der Waals surface area contributed by atoms with Crippen LogP contribution in [0, 0.1) is 0 Å². The summed E-state index contributed by atoms with van der Waals surface area (Å²) in [4.78, 5) is 2.10. The fourth-order valence-corrected chi connectivity index (χ4v) is 2.44. The van der Waals surface area contributed by atoms with Gasteiger partial charge < -0.3 is 4.90 Å². The van der Waals surface area contributed by atoms with Crippen LogP contribution in [0.15, 0.2) is 48.5 Å². The zero-order chi connectivity index (χ0) is 15.2. The third-order valence-electron chi connectivity index (χ3n) is 3.86. The van der Waals surface area contributed by atoms with Crippen molar-refractivity contribution in [3.8, 4) is 0 Å². The number of hydrazine groups is 1. The molecule has 0 spiro atoms. The van der Waals surface area contributed by atoms with E-state index in [1.54, 1.807) is 0 Å². The molecule has 21 heavy (non-hydrogen) atoms. The van der Waals surface area contributed by atoms with Crippen molar-refractivity contribution in [1.82, 2.24) is 5.43 Å². The molecule has 0 saturated carbocycles. The molecule has 2 aromatic carbocycles. The summed E-state index contributed by atoms with van der Waals surface area (Å²) in [5.74, 6) is 5.77. The first-order chi connectivity index (χ1) is 10.1. The van der Waals surface area contributed by atoms with Gasteiger partial charge in [-0.1, -0.05) is 43.3 Å². The van der Waals surface area contributed by atoms with Gasteiger partial charge in [-0.25, -0.2) is 0 Å². The highest BCUT2D eigenvalue weighted by atomic mass is 15.2. The summed E-state index contributed by atoms with van der Waals surface area (Å²) in [6, 6.07) is 17.4. The molecule has 3 nitrogen and oxygen atoms in total. The zero-order valence-corrected chi connectivity index (χ0v) is 13.1. The third-order valence-corrected chi connectivity index (χ3v) is 3.86. The van der Waals surface area contributed by atoms with E-state index in [0.29, 0.717) is 0 Å². The van der Waals surface area contributed by atoms with Crippen molar-refractivity contribution in [2.45, 2.75) is 25.8 Å². The molecule has 0 bridgehead atoms. The minimum atomic E-state index is 0.123. The van der Waals surface area contributed by atoms with E-state index in [1.807, 2.05) is 14.1 Å². The number of aryl methyl sites for hydroxylation is 1. The Morgan fingerprint density at radius 2 is 1.71 bits per heavy atom. The van der Waals surface area contributed by atoms with Crippen molar-refractivity contribution < 1.29 is 0 Å². The SMILES string of the molecule is CCc1ccc(CC(NN)c2cccc(N(C)C)c2)cc1. The Morgan fingerprint density at radius 3 is 2.29 bits per heavy atom. The Bertz CT molecular complexity index is 561. The summed E-state index contributed by atoms with van der Waals surface area (Å²) >= 11 is 0. The number of anilines is 1. The molecule has 1 unspecified atom stereocenters. The highest BCUT2D eigenvalue weighted by Crippen LogP contribution is 2.22. The number of nitrogens with one attached hydrogen (secondary N) is 1. The number of nitrogens with two attached hydrogens (primary N) is 1. The predicted octanol–water partition coefficient (Wildman–Crippen LogP) is 3.06. The van der Waals surface area contributed by atoms with Gasteiger partial charge >= 0.3 is 0 Å². The second-order valence-corrected chi connectivity index (χ2v) is 5.58. The molecule has 3 N–H and O–H groups in total. The molecule has 0 aromatic heterocycles. The lowest BCUT2D eigenvalue weighted by atomic mass is 9.98. The van der Waals surface area contributed by atoms with E-state index >= 15 is 0 Å². The van der Waals surface area contributed by atoms with Gasteiger partial charge in [0.15, 0.2) is 0 Å². The van der Waals surface area contributed by atoms with Crippen LogP contribution >= 0.6 is 0 Å². The van der Waals surface area contributed by atoms with Crippen LogP contribution in [-0.2, 0) is 12.8 Å². The lowest BCUT2D eigenvalue weighted by molar-refractivity contribution is 0.552. The molecule has 2 rings (SSSR count). The molecule has 0 radical (unpaired) electrons. The van der Waals surface area contributed by atoms with E-state index in [-0.39, 0.29) is 6.04 Å². The molecule has 0 heterocycles. The van der Waals surface area contributed by atoms with Crippen molar-refractivity contribution in [3.63, 3.8) is 0 Å². The number of rotatable bonds is 6. The summed E-state index contributed by atoms with van der Waals surface area (Å²) in [7, 11) is 4.10. The zero-order valence-electron chi connectivity index (χ0n) is 13.1. The van der Waals surface area contributed by atoms with E-state index in [4.69, 9.17) is 5.84 Å². The smallest absolute Gasteiger partial charge is 0.0501 e. The summed E-state index contributed by atoms with van der Waals surface area (Å²) in [5, 5.41) is 0. The molecular formula is C18H25N3. The molecule has 1 atom stereocenters. The molecule has 0 aliphatic rings. The van der Waals surface area contributed by atoms with Crippen molar-refractivity contribution >= 4 is 5.69 Å². The first kappa shape index (κ1) is 15.5. The molecule has 2 aromatic rings. The summed E-state index contributed by atoms with van der Waals surface area (Å²) in [6.45, 7) is 2.17. The third kappa shape index (κ3) is 4.06. The van der Waals surface area contributed by atoms with Crippen LogP contribution in [0.4, 0.5) is 5.69 Å². The van der Waals surface area contributed by atoms with E-state index in [2.05, 4.69) is 65.8 Å². The number of benzene rings is 2. The van der Waals surface area contributed by atoms with Gasteiger partial charge in [0.2, 0.25) is 0 Å². The molecule has 112 valence electrons. The second-order valence-electron chi connectivity index (χ2n) is 5.58. The molecule has 0 aliphatic heterocycles. The van der Waals surface area contributed by atoms with E-state index in [1.165, 1.54) is 22.4 Å². The molecule has 0 aliphatic carbocycles. The lowest BCUT2D eigenvalue weighted by Crippen LogP contribution is -2.29. The minimum Gasteiger partial charge on any atom is -0.378 e. The van der Waals surface area contributed by atoms with Gasteiger partial charge in [0.1, 0.15) is 0 Å². The van der Waals surface area contributed by atoms with Crippen molar-refractivity contribution in [1.29, 1.82) is 0 Å². The average molecular weight is 283 g/mol. The minimum absolute atomic E-state index is 0.123. The Morgan fingerprint density at radius 1 is 1.05 bits per heavy atom. The molecule has 0 fully saturated rings. The quantitative estimate of drug-likeness (QED) is 0.632. The van der Waals surface area contributed by atoms with Crippen molar-refractivity contribution in [2.24, 2.45) is 5.84 Å². The van der Waals surface area contributed by atoms with Crippen LogP contribution < -0.4 is 16.2 Å². The molecule has 0 amide bonds. The van der Waals surface area contributed by atoms with Crippen LogP contribution in [-0.4, -0.2) is 14.1 Å². The highest BCUT2D eigenvalue weighted by Gasteiger charge is 2.11. The van der Waals surface area contributed by atoms with Gasteiger partial charge in [0.05, 0.1) is 6.04 Å². The topological polar surface area (TPSA) is 41.3 Å². The van der Waals surface area contributed by atoms with Gasteiger partial charge in [-0.3, -0.25) is 11.3 Å². The monoisotopic (exact) mass is 283 g/mol. The Kier molecular flexibility index (Phi) is 5.37. The highest BCUT2D eigenvalue weighted by molar-refractivity contribution is 5.48. The summed E-state index contributed by atoms with van der Waals surface area (Å²) in [6.07, 6.45) is 1.96. The fourth-order valence-electron chi connectivity index (χ4n) is 2.44. The second kappa shape index (κ2) is 7.25. The Balaban J connectivity index is 2.17. The lowest BCUT2D eigenvalue weighted by Gasteiger charge is -2.19. The van der Waals surface area contributed by atoms with Gasteiger partial charge in [0, 0.05) is 19.8 Å². The maximum Gasteiger partial charge on any atom is 0.0501 e. The van der Waals surface area contributed by atoms with Crippen molar-refractivity contribution in [2.75, 3.05) is 19.0 Å². The first-order valence-corrected chi connectivity index (χ1v) is 7.45. The van der Waals surface area contributed by atoms with E-state index in [0.717, 1.165) is 12.8 Å². The van der Waals surface area contributed by atoms with Crippen LogP contribution in [0.2, 0.25) is 0 Å². The summed E-state index contributed by atoms with van der Waals surface area (Å²) in [5.41, 5.74) is 8.01. The Hall–Kier alpha value is -1.84. The average Bonchev–Trinajstić information content (AvgIpc) is 2.53. The molecule has 0 saturated heterocycles. The Labute approximate surface area is 127 Å². The van der Waals surface area contributed by atoms with Gasteiger partial charge in [0.25, 0.3) is 0 Å². The van der Waals surface area contributed by atoms with Crippen LogP contribution in [0.5, 0.6) is 0 Å².